The van der Waals surface area contributed by atoms with Gasteiger partial charge in [-0.1, -0.05) is 0 Å². The Morgan fingerprint density at radius 3 is 1.83 bits per heavy atom. The zero-order valence-electron chi connectivity index (χ0n) is 19.1. The van der Waals surface area contributed by atoms with E-state index in [0.717, 1.165) is 12.5 Å². The fourth-order valence-electron chi connectivity index (χ4n) is 3.32. The maximum atomic E-state index is 11.4. The summed E-state index contributed by atoms with van der Waals surface area (Å²) in [5, 5.41) is 0. The number of rotatable bonds is 10. The van der Waals surface area contributed by atoms with E-state index in [0.29, 0.717) is 17.9 Å². The largest absolute Gasteiger partial charge is 0.494 e. The van der Waals surface area contributed by atoms with Crippen LogP contribution in [0.25, 0.3) is 0 Å². The molecule has 0 aliphatic carbocycles. The molecule has 1 aliphatic rings. The summed E-state index contributed by atoms with van der Waals surface area (Å²) >= 11 is 0. The molecule has 2 rings (SSSR count). The lowest BCUT2D eigenvalue weighted by Crippen LogP contribution is -2.52. The highest BCUT2D eigenvalue weighted by Crippen LogP contribution is 2.27. The molecular weight excluding hydrogens is 436 g/mol. The van der Waals surface area contributed by atoms with E-state index < -0.39 is 43.4 Å². The van der Waals surface area contributed by atoms with E-state index in [1.54, 1.807) is 24.3 Å². The van der Waals surface area contributed by atoms with Crippen molar-refractivity contribution in [3.8, 4) is 5.75 Å². The number of carbonyl (C=O) groups is 2. The molecule has 1 heterocycles. The van der Waals surface area contributed by atoms with Gasteiger partial charge < -0.3 is 22.4 Å². The zero-order valence-corrected chi connectivity index (χ0v) is 22.1. The fraction of sp³-hybridized carbons (Fsp3) is 0.600. The Hall–Kier alpha value is -1.47. The first-order valence-electron chi connectivity index (χ1n) is 10.3. The topological polar surface area (TPSA) is 80.3 Å². The molecule has 1 saturated heterocycles. The minimum absolute atomic E-state index is 0.344. The van der Waals surface area contributed by atoms with Crippen LogP contribution >= 0.6 is 0 Å². The van der Waals surface area contributed by atoms with Crippen molar-refractivity contribution in [3.63, 3.8) is 0 Å². The molecule has 7 nitrogen and oxygen atoms in total. The predicted octanol–water partition coefficient (Wildman–Crippen LogP) is 4.72. The lowest BCUT2D eigenvalue weighted by Gasteiger charge is -2.38. The third-order valence-corrected chi connectivity index (χ3v) is 13.6. The molecule has 0 aromatic heterocycles. The standard InChI is InChI=1S/C20H34O7Si3/c1-28(2,3)26-30(7,27-29(4,5)6)14-8-13-23-17-11-9-16(10-12-17)20-24-18(21)15-19(22)25-20/h9-12,20H,8,13-15H2,1-7H3. The molecule has 168 valence electrons. The van der Waals surface area contributed by atoms with Crippen LogP contribution in [0, 0.1) is 0 Å². The van der Waals surface area contributed by atoms with Crippen LogP contribution < -0.4 is 4.74 Å². The molecule has 1 aromatic carbocycles. The summed E-state index contributed by atoms with van der Waals surface area (Å²) in [6.45, 7) is 15.9. The molecule has 0 saturated carbocycles. The summed E-state index contributed by atoms with van der Waals surface area (Å²) in [5.41, 5.74) is 0.593. The van der Waals surface area contributed by atoms with E-state index in [2.05, 4.69) is 45.8 Å². The maximum absolute atomic E-state index is 11.4. The van der Waals surface area contributed by atoms with Crippen molar-refractivity contribution in [2.45, 2.75) is 71.0 Å². The normalized spacial score (nSPS) is 16.2. The molecule has 0 radical (unpaired) electrons. The van der Waals surface area contributed by atoms with Gasteiger partial charge in [-0.2, -0.15) is 0 Å². The van der Waals surface area contributed by atoms with Crippen molar-refractivity contribution in [3.05, 3.63) is 29.8 Å². The SMILES string of the molecule is C[Si](C)(C)O[Si](C)(CCCOc1ccc(C2OC(=O)CC(=O)O2)cc1)O[Si](C)(C)C. The molecule has 1 fully saturated rings. The van der Waals surface area contributed by atoms with E-state index in [-0.39, 0.29) is 6.42 Å². The van der Waals surface area contributed by atoms with Crippen LogP contribution in [0.1, 0.15) is 24.7 Å². The molecule has 0 atom stereocenters. The third-order valence-electron chi connectivity index (χ3n) is 4.01. The van der Waals surface area contributed by atoms with Gasteiger partial charge in [-0.15, -0.1) is 0 Å². The Bertz CT molecular complexity index is 706. The molecule has 0 N–H and O–H groups in total. The van der Waals surface area contributed by atoms with Crippen molar-refractivity contribution in [2.75, 3.05) is 6.61 Å². The highest BCUT2D eigenvalue weighted by Gasteiger charge is 2.39. The van der Waals surface area contributed by atoms with Crippen molar-refractivity contribution in [1.82, 2.24) is 0 Å². The van der Waals surface area contributed by atoms with Gasteiger partial charge in [0, 0.05) is 5.56 Å². The predicted molar refractivity (Wildman–Crippen MR) is 121 cm³/mol. The molecular formula is C20H34O7Si3. The first-order chi connectivity index (χ1) is 13.7. The Kier molecular flexibility index (Phi) is 8.08. The summed E-state index contributed by atoms with van der Waals surface area (Å²) < 4.78 is 29.0. The second kappa shape index (κ2) is 9.77. The number of benzene rings is 1. The lowest BCUT2D eigenvalue weighted by molar-refractivity contribution is -0.204. The van der Waals surface area contributed by atoms with Crippen molar-refractivity contribution in [2.24, 2.45) is 0 Å². The van der Waals surface area contributed by atoms with Crippen LogP contribution in [0.2, 0.25) is 51.9 Å². The van der Waals surface area contributed by atoms with E-state index in [1.807, 2.05) is 0 Å². The highest BCUT2D eigenvalue weighted by molar-refractivity contribution is 6.87. The molecule has 0 bridgehead atoms. The van der Waals surface area contributed by atoms with Crippen molar-refractivity contribution >= 4 is 37.1 Å². The Labute approximate surface area is 182 Å². The lowest BCUT2D eigenvalue weighted by atomic mass is 10.2. The monoisotopic (exact) mass is 470 g/mol. The van der Waals surface area contributed by atoms with Crippen molar-refractivity contribution in [1.29, 1.82) is 0 Å². The van der Waals surface area contributed by atoms with Gasteiger partial charge in [0.2, 0.25) is 0 Å². The van der Waals surface area contributed by atoms with Gasteiger partial charge in [0.25, 0.3) is 6.29 Å². The Morgan fingerprint density at radius 2 is 1.37 bits per heavy atom. The first-order valence-corrected chi connectivity index (χ1v) is 19.6. The van der Waals surface area contributed by atoms with Crippen LogP contribution in [0.3, 0.4) is 0 Å². The van der Waals surface area contributed by atoms with Gasteiger partial charge in [-0.25, -0.2) is 0 Å². The van der Waals surface area contributed by atoms with Gasteiger partial charge in [-0.3, -0.25) is 9.59 Å². The van der Waals surface area contributed by atoms with Gasteiger partial charge >= 0.3 is 20.5 Å². The van der Waals surface area contributed by atoms with Crippen LogP contribution in [0.5, 0.6) is 5.75 Å². The van der Waals surface area contributed by atoms with Crippen molar-refractivity contribution < 1.29 is 32.0 Å². The number of hydrogen-bond acceptors (Lipinski definition) is 7. The quantitative estimate of drug-likeness (QED) is 0.212. The van der Waals surface area contributed by atoms with E-state index in [9.17, 15) is 9.59 Å². The number of cyclic esters (lactones) is 2. The van der Waals surface area contributed by atoms with E-state index in [1.165, 1.54) is 0 Å². The molecule has 0 spiro atoms. The Morgan fingerprint density at radius 1 is 0.867 bits per heavy atom. The van der Waals surface area contributed by atoms with Gasteiger partial charge in [0.1, 0.15) is 12.2 Å². The van der Waals surface area contributed by atoms with Gasteiger partial charge in [0.15, 0.2) is 16.6 Å². The summed E-state index contributed by atoms with van der Waals surface area (Å²) in [5.74, 6) is -0.456. The number of esters is 2. The number of carbonyl (C=O) groups excluding carboxylic acids is 2. The summed E-state index contributed by atoms with van der Waals surface area (Å²) in [4.78, 5) is 22.8. The fourth-order valence-corrected chi connectivity index (χ4v) is 15.8. The molecule has 10 heteroatoms. The molecule has 30 heavy (non-hydrogen) atoms. The van der Waals surface area contributed by atoms with Crippen LogP contribution in [-0.2, 0) is 27.3 Å². The van der Waals surface area contributed by atoms with E-state index in [4.69, 9.17) is 22.4 Å². The summed E-state index contributed by atoms with van der Waals surface area (Å²) in [6, 6.07) is 7.90. The highest BCUT2D eigenvalue weighted by atomic mass is 28.5. The minimum Gasteiger partial charge on any atom is -0.494 e. The molecule has 1 aromatic rings. The van der Waals surface area contributed by atoms with Gasteiger partial charge in [-0.05, 0) is 82.6 Å². The van der Waals surface area contributed by atoms with E-state index >= 15 is 0 Å². The Balaban J connectivity index is 1.87. The average Bonchev–Trinajstić information content (AvgIpc) is 2.55. The van der Waals surface area contributed by atoms with Gasteiger partial charge in [0.05, 0.1) is 6.61 Å². The second-order valence-corrected chi connectivity index (χ2v) is 22.4. The maximum Gasteiger partial charge on any atom is 0.320 e. The number of hydrogen-bond donors (Lipinski definition) is 0. The first kappa shape index (κ1) is 24.8. The summed E-state index contributed by atoms with van der Waals surface area (Å²) in [7, 11) is -5.66. The third kappa shape index (κ3) is 8.72. The summed E-state index contributed by atoms with van der Waals surface area (Å²) in [6.07, 6.45) is -0.489. The van der Waals surface area contributed by atoms with Crippen LogP contribution in [-0.4, -0.2) is 43.7 Å². The molecule has 0 unspecified atom stereocenters. The molecule has 1 aliphatic heterocycles. The number of ether oxygens (including phenoxy) is 3. The average molecular weight is 471 g/mol. The second-order valence-electron chi connectivity index (χ2n) is 9.57. The smallest absolute Gasteiger partial charge is 0.320 e. The van der Waals surface area contributed by atoms with Crippen LogP contribution in [0.15, 0.2) is 24.3 Å². The van der Waals surface area contributed by atoms with Crippen LogP contribution in [0.4, 0.5) is 0 Å². The molecule has 0 amide bonds. The minimum atomic E-state index is -2.26. The zero-order chi connectivity index (χ0) is 22.6.